The van der Waals surface area contributed by atoms with Crippen molar-refractivity contribution in [2.24, 2.45) is 0 Å². The van der Waals surface area contributed by atoms with E-state index in [2.05, 4.69) is 36.3 Å². The van der Waals surface area contributed by atoms with Gasteiger partial charge in [0.2, 0.25) is 10.0 Å². The first-order chi connectivity index (χ1) is 13.1. The highest BCUT2D eigenvalue weighted by molar-refractivity contribution is 9.10. The number of amides is 1. The number of benzene rings is 2. The van der Waals surface area contributed by atoms with Crippen LogP contribution in [0.15, 0.2) is 47.1 Å². The summed E-state index contributed by atoms with van der Waals surface area (Å²) in [4.78, 5) is 12.5. The standard InChI is InChI=1S/C17H15BrClN5O3S/c1-10-3-4-11(19)7-14(10)20-17(25)16-9-24(23-21-16)12-5-6-13(18)15(8-12)22-28(2,26)27/h3-9,22H,1-2H3,(H,20,25). The number of halogens is 2. The van der Waals surface area contributed by atoms with Crippen molar-refractivity contribution in [3.05, 3.63) is 63.3 Å². The van der Waals surface area contributed by atoms with Gasteiger partial charge in [0, 0.05) is 15.2 Å². The summed E-state index contributed by atoms with van der Waals surface area (Å²) in [5.74, 6) is -0.441. The molecule has 1 amide bonds. The number of nitrogens with zero attached hydrogens (tertiary/aromatic N) is 3. The van der Waals surface area contributed by atoms with Crippen LogP contribution in [0.25, 0.3) is 5.69 Å². The summed E-state index contributed by atoms with van der Waals surface area (Å²) >= 11 is 9.25. The maximum atomic E-state index is 12.5. The van der Waals surface area contributed by atoms with Gasteiger partial charge >= 0.3 is 0 Å². The molecule has 11 heteroatoms. The molecular formula is C17H15BrClN5O3S. The topological polar surface area (TPSA) is 106 Å². The molecule has 0 aliphatic carbocycles. The summed E-state index contributed by atoms with van der Waals surface area (Å²) in [5.41, 5.74) is 2.40. The zero-order valence-electron chi connectivity index (χ0n) is 14.8. The third-order valence-electron chi connectivity index (χ3n) is 3.68. The zero-order valence-corrected chi connectivity index (χ0v) is 17.9. The summed E-state index contributed by atoms with van der Waals surface area (Å²) < 4.78 is 27.3. The van der Waals surface area contributed by atoms with Gasteiger partial charge in [-0.05, 0) is 58.7 Å². The number of carbonyl (C=O) groups is 1. The van der Waals surface area contributed by atoms with E-state index in [4.69, 9.17) is 11.6 Å². The average molecular weight is 485 g/mol. The van der Waals surface area contributed by atoms with Crippen LogP contribution in [-0.2, 0) is 10.0 Å². The summed E-state index contributed by atoms with van der Waals surface area (Å²) in [5, 5.41) is 11.1. The Kier molecular flexibility index (Phi) is 5.73. The second-order valence-electron chi connectivity index (χ2n) is 6.00. The maximum absolute atomic E-state index is 12.5. The van der Waals surface area contributed by atoms with Crippen LogP contribution >= 0.6 is 27.5 Å². The van der Waals surface area contributed by atoms with Crippen molar-refractivity contribution >= 4 is 54.8 Å². The summed E-state index contributed by atoms with van der Waals surface area (Å²) in [6.45, 7) is 1.85. The third-order valence-corrected chi connectivity index (χ3v) is 5.20. The number of rotatable bonds is 5. The predicted octanol–water partition coefficient (Wildman–Crippen LogP) is 3.62. The molecule has 146 valence electrons. The molecule has 28 heavy (non-hydrogen) atoms. The number of aryl methyl sites for hydroxylation is 1. The van der Waals surface area contributed by atoms with E-state index in [1.165, 1.54) is 10.9 Å². The van der Waals surface area contributed by atoms with Crippen molar-refractivity contribution < 1.29 is 13.2 Å². The van der Waals surface area contributed by atoms with Crippen LogP contribution < -0.4 is 10.0 Å². The van der Waals surface area contributed by atoms with Crippen LogP contribution in [0.2, 0.25) is 5.02 Å². The van der Waals surface area contributed by atoms with E-state index in [0.717, 1.165) is 11.8 Å². The van der Waals surface area contributed by atoms with Gasteiger partial charge in [0.25, 0.3) is 5.91 Å². The van der Waals surface area contributed by atoms with Crippen LogP contribution in [-0.4, -0.2) is 35.6 Å². The molecule has 3 rings (SSSR count). The Labute approximate surface area is 175 Å². The molecule has 0 bridgehead atoms. The van der Waals surface area contributed by atoms with Crippen molar-refractivity contribution in [1.82, 2.24) is 15.0 Å². The van der Waals surface area contributed by atoms with E-state index in [0.29, 0.717) is 26.6 Å². The highest BCUT2D eigenvalue weighted by atomic mass is 79.9. The van der Waals surface area contributed by atoms with E-state index < -0.39 is 15.9 Å². The fourth-order valence-corrected chi connectivity index (χ4v) is 3.56. The third kappa shape index (κ3) is 4.89. The molecule has 0 saturated heterocycles. The first kappa shape index (κ1) is 20.3. The summed E-state index contributed by atoms with van der Waals surface area (Å²) in [6.07, 6.45) is 2.50. The lowest BCUT2D eigenvalue weighted by Gasteiger charge is -2.09. The van der Waals surface area contributed by atoms with Crippen molar-refractivity contribution in [2.75, 3.05) is 16.3 Å². The van der Waals surface area contributed by atoms with Crippen molar-refractivity contribution in [3.8, 4) is 5.69 Å². The molecule has 2 aromatic carbocycles. The van der Waals surface area contributed by atoms with Crippen LogP contribution in [0.1, 0.15) is 16.1 Å². The Balaban J connectivity index is 1.85. The number of anilines is 2. The molecule has 0 aliphatic heterocycles. The number of nitrogens with one attached hydrogen (secondary N) is 2. The Morgan fingerprint density at radius 2 is 1.93 bits per heavy atom. The Morgan fingerprint density at radius 3 is 2.64 bits per heavy atom. The monoisotopic (exact) mass is 483 g/mol. The molecule has 1 aromatic heterocycles. The Bertz CT molecular complexity index is 1160. The van der Waals surface area contributed by atoms with E-state index in [1.807, 2.05) is 6.92 Å². The van der Waals surface area contributed by atoms with E-state index >= 15 is 0 Å². The zero-order chi connectivity index (χ0) is 20.5. The number of sulfonamides is 1. The first-order valence-corrected chi connectivity index (χ1v) is 11.0. The van der Waals surface area contributed by atoms with Crippen LogP contribution in [0.3, 0.4) is 0 Å². The van der Waals surface area contributed by atoms with Gasteiger partial charge in [-0.25, -0.2) is 13.1 Å². The second-order valence-corrected chi connectivity index (χ2v) is 9.04. The van der Waals surface area contributed by atoms with Crippen LogP contribution in [0.4, 0.5) is 11.4 Å². The SMILES string of the molecule is Cc1ccc(Cl)cc1NC(=O)c1cn(-c2ccc(Br)c(NS(C)(=O)=O)c2)nn1. The fraction of sp³-hybridized carbons (Fsp3) is 0.118. The molecule has 0 spiro atoms. The molecule has 0 atom stereocenters. The quantitative estimate of drug-likeness (QED) is 0.575. The Morgan fingerprint density at radius 1 is 1.18 bits per heavy atom. The molecule has 0 fully saturated rings. The highest BCUT2D eigenvalue weighted by Crippen LogP contribution is 2.26. The Hall–Kier alpha value is -2.43. The average Bonchev–Trinajstić information content (AvgIpc) is 3.09. The van der Waals surface area contributed by atoms with Crippen molar-refractivity contribution in [2.45, 2.75) is 6.92 Å². The van der Waals surface area contributed by atoms with E-state index in [1.54, 1.807) is 36.4 Å². The van der Waals surface area contributed by atoms with Crippen LogP contribution in [0, 0.1) is 6.92 Å². The molecule has 3 aromatic rings. The lowest BCUT2D eigenvalue weighted by molar-refractivity contribution is 0.102. The molecule has 0 radical (unpaired) electrons. The first-order valence-electron chi connectivity index (χ1n) is 7.90. The van der Waals surface area contributed by atoms with Gasteiger partial charge in [0.05, 0.1) is 23.8 Å². The van der Waals surface area contributed by atoms with Gasteiger partial charge in [-0.3, -0.25) is 9.52 Å². The smallest absolute Gasteiger partial charge is 0.277 e. The number of hydrogen-bond acceptors (Lipinski definition) is 5. The predicted molar refractivity (Wildman–Crippen MR) is 112 cm³/mol. The lowest BCUT2D eigenvalue weighted by Crippen LogP contribution is -2.13. The normalized spacial score (nSPS) is 11.3. The lowest BCUT2D eigenvalue weighted by atomic mass is 10.2. The van der Waals surface area contributed by atoms with Crippen molar-refractivity contribution in [3.63, 3.8) is 0 Å². The van der Waals surface area contributed by atoms with Crippen LogP contribution in [0.5, 0.6) is 0 Å². The van der Waals surface area contributed by atoms with Gasteiger partial charge in [-0.2, -0.15) is 0 Å². The highest BCUT2D eigenvalue weighted by Gasteiger charge is 2.14. The molecule has 2 N–H and O–H groups in total. The number of hydrogen-bond donors (Lipinski definition) is 2. The molecular weight excluding hydrogens is 470 g/mol. The molecule has 1 heterocycles. The minimum Gasteiger partial charge on any atom is -0.320 e. The molecule has 0 unspecified atom stereocenters. The minimum absolute atomic E-state index is 0.0971. The summed E-state index contributed by atoms with van der Waals surface area (Å²) in [7, 11) is -3.45. The van der Waals surface area contributed by atoms with Crippen molar-refractivity contribution in [1.29, 1.82) is 0 Å². The summed E-state index contributed by atoms with van der Waals surface area (Å²) in [6, 6.07) is 10.1. The fourth-order valence-electron chi connectivity index (χ4n) is 2.34. The number of aromatic nitrogens is 3. The van der Waals surface area contributed by atoms with Gasteiger partial charge in [-0.1, -0.05) is 22.9 Å². The number of carbonyl (C=O) groups excluding carboxylic acids is 1. The maximum Gasteiger partial charge on any atom is 0.277 e. The molecule has 8 nitrogen and oxygen atoms in total. The largest absolute Gasteiger partial charge is 0.320 e. The van der Waals surface area contributed by atoms with Gasteiger partial charge in [0.1, 0.15) is 0 Å². The van der Waals surface area contributed by atoms with Gasteiger partial charge in [-0.15, -0.1) is 5.10 Å². The molecule has 0 saturated carbocycles. The molecule has 0 aliphatic rings. The van der Waals surface area contributed by atoms with E-state index in [-0.39, 0.29) is 5.69 Å². The van der Waals surface area contributed by atoms with E-state index in [9.17, 15) is 13.2 Å². The van der Waals surface area contributed by atoms with Gasteiger partial charge in [0.15, 0.2) is 5.69 Å². The minimum atomic E-state index is -3.45. The van der Waals surface area contributed by atoms with Gasteiger partial charge < -0.3 is 5.32 Å². The second kappa shape index (κ2) is 7.90.